The van der Waals surface area contributed by atoms with E-state index in [4.69, 9.17) is 20.3 Å². The van der Waals surface area contributed by atoms with E-state index in [0.29, 0.717) is 6.61 Å². The number of carboxylic acid groups (broad SMARTS) is 1. The number of nitrogens with two attached hydrogens (primary N) is 1. The second-order valence-corrected chi connectivity index (χ2v) is 5.18. The van der Waals surface area contributed by atoms with Gasteiger partial charge in [-0.05, 0) is 20.8 Å². The smallest absolute Gasteiger partial charge is 0.410 e. The Balaban J connectivity index is 2.76. The minimum Gasteiger partial charge on any atom is -0.480 e. The van der Waals surface area contributed by atoms with Gasteiger partial charge in [-0.15, -0.1) is 0 Å². The maximum absolute atomic E-state index is 12.0. The Morgan fingerprint density at radius 1 is 1.50 bits per heavy atom. The van der Waals surface area contributed by atoms with E-state index in [2.05, 4.69) is 0 Å². The monoisotopic (exact) mass is 260 g/mol. The first-order valence-electron chi connectivity index (χ1n) is 5.78. The molecule has 0 aromatic carbocycles. The molecule has 18 heavy (non-hydrogen) atoms. The van der Waals surface area contributed by atoms with Crippen LogP contribution in [0.15, 0.2) is 0 Å². The van der Waals surface area contributed by atoms with Crippen molar-refractivity contribution in [3.05, 3.63) is 0 Å². The molecule has 0 bridgehead atoms. The summed E-state index contributed by atoms with van der Waals surface area (Å²) in [6.07, 6.45) is -0.562. The normalized spacial score (nSPS) is 22.4. The molecule has 0 aliphatic carbocycles. The fourth-order valence-electron chi connectivity index (χ4n) is 1.63. The highest BCUT2D eigenvalue weighted by atomic mass is 16.6. The summed E-state index contributed by atoms with van der Waals surface area (Å²) >= 11 is 0. The number of ether oxygens (including phenoxy) is 2. The van der Waals surface area contributed by atoms with Crippen LogP contribution in [0.2, 0.25) is 0 Å². The SMILES string of the molecule is CC(C)(C)OC(=O)N1CCOCC1C(N)C(=O)O. The zero-order valence-electron chi connectivity index (χ0n) is 10.9. The van der Waals surface area contributed by atoms with E-state index >= 15 is 0 Å². The Labute approximate surface area is 106 Å². The summed E-state index contributed by atoms with van der Waals surface area (Å²) in [4.78, 5) is 24.2. The molecule has 7 nitrogen and oxygen atoms in total. The first-order chi connectivity index (χ1) is 8.22. The molecule has 104 valence electrons. The highest BCUT2D eigenvalue weighted by molar-refractivity contribution is 5.76. The molecule has 1 rings (SSSR count). The minimum absolute atomic E-state index is 0.104. The number of rotatable bonds is 2. The van der Waals surface area contributed by atoms with E-state index in [1.165, 1.54) is 4.90 Å². The van der Waals surface area contributed by atoms with Gasteiger partial charge in [-0.1, -0.05) is 0 Å². The number of carbonyl (C=O) groups excluding carboxylic acids is 1. The summed E-state index contributed by atoms with van der Waals surface area (Å²) in [5.74, 6) is -1.17. The van der Waals surface area contributed by atoms with Crippen molar-refractivity contribution in [2.75, 3.05) is 19.8 Å². The highest BCUT2D eigenvalue weighted by Crippen LogP contribution is 2.16. The van der Waals surface area contributed by atoms with Crippen LogP contribution in [-0.2, 0) is 14.3 Å². The fourth-order valence-corrected chi connectivity index (χ4v) is 1.63. The van der Waals surface area contributed by atoms with Gasteiger partial charge in [0, 0.05) is 6.54 Å². The van der Waals surface area contributed by atoms with Crippen LogP contribution in [-0.4, -0.2) is 59.5 Å². The molecule has 0 radical (unpaired) electrons. The van der Waals surface area contributed by atoms with Crippen molar-refractivity contribution in [1.29, 1.82) is 0 Å². The van der Waals surface area contributed by atoms with Crippen molar-refractivity contribution < 1.29 is 24.2 Å². The third-order valence-electron chi connectivity index (χ3n) is 2.49. The van der Waals surface area contributed by atoms with Gasteiger partial charge in [0.05, 0.1) is 19.3 Å². The van der Waals surface area contributed by atoms with Gasteiger partial charge in [-0.25, -0.2) is 4.79 Å². The van der Waals surface area contributed by atoms with Gasteiger partial charge in [0.25, 0.3) is 0 Å². The molecule has 1 amide bonds. The van der Waals surface area contributed by atoms with Crippen LogP contribution < -0.4 is 5.73 Å². The molecular weight excluding hydrogens is 240 g/mol. The first-order valence-corrected chi connectivity index (χ1v) is 5.78. The third kappa shape index (κ3) is 3.85. The second kappa shape index (κ2) is 5.53. The zero-order chi connectivity index (χ0) is 13.9. The summed E-state index contributed by atoms with van der Waals surface area (Å²) in [5, 5.41) is 8.91. The molecule has 0 aromatic rings. The van der Waals surface area contributed by atoms with Crippen LogP contribution in [0.1, 0.15) is 20.8 Å². The van der Waals surface area contributed by atoms with Crippen LogP contribution in [0.5, 0.6) is 0 Å². The number of hydrogen-bond acceptors (Lipinski definition) is 5. The Bertz CT molecular complexity index is 326. The maximum Gasteiger partial charge on any atom is 0.410 e. The van der Waals surface area contributed by atoms with Crippen LogP contribution >= 0.6 is 0 Å². The van der Waals surface area contributed by atoms with E-state index < -0.39 is 29.7 Å². The molecule has 1 fully saturated rings. The molecule has 2 atom stereocenters. The Hall–Kier alpha value is -1.34. The number of hydrogen-bond donors (Lipinski definition) is 2. The van der Waals surface area contributed by atoms with Crippen molar-refractivity contribution in [2.24, 2.45) is 5.73 Å². The average Bonchev–Trinajstić information content (AvgIpc) is 2.25. The van der Waals surface area contributed by atoms with Gasteiger partial charge in [-0.2, -0.15) is 0 Å². The molecule has 1 aliphatic rings. The van der Waals surface area contributed by atoms with Gasteiger partial charge < -0.3 is 20.3 Å². The van der Waals surface area contributed by atoms with Gasteiger partial charge in [0.15, 0.2) is 0 Å². The van der Waals surface area contributed by atoms with Crippen molar-refractivity contribution in [3.63, 3.8) is 0 Å². The molecule has 1 aliphatic heterocycles. The lowest BCUT2D eigenvalue weighted by Crippen LogP contribution is -2.59. The molecule has 7 heteroatoms. The van der Waals surface area contributed by atoms with E-state index in [9.17, 15) is 9.59 Å². The van der Waals surface area contributed by atoms with E-state index in [0.717, 1.165) is 0 Å². The quantitative estimate of drug-likeness (QED) is 0.726. The summed E-state index contributed by atoms with van der Waals surface area (Å²) in [6.45, 7) is 5.97. The Morgan fingerprint density at radius 3 is 2.61 bits per heavy atom. The molecule has 2 unspecified atom stereocenters. The largest absolute Gasteiger partial charge is 0.480 e. The topological polar surface area (TPSA) is 102 Å². The zero-order valence-corrected chi connectivity index (χ0v) is 10.9. The van der Waals surface area contributed by atoms with Crippen LogP contribution in [0.3, 0.4) is 0 Å². The van der Waals surface area contributed by atoms with Crippen molar-refractivity contribution in [2.45, 2.75) is 38.5 Å². The highest BCUT2D eigenvalue weighted by Gasteiger charge is 2.37. The van der Waals surface area contributed by atoms with Gasteiger partial charge in [0.1, 0.15) is 11.6 Å². The Kier molecular flexibility index (Phi) is 4.53. The fraction of sp³-hybridized carbons (Fsp3) is 0.818. The summed E-state index contributed by atoms with van der Waals surface area (Å²) in [6, 6.07) is -1.89. The lowest BCUT2D eigenvalue weighted by atomic mass is 10.1. The Morgan fingerprint density at radius 2 is 2.11 bits per heavy atom. The maximum atomic E-state index is 12.0. The number of carbonyl (C=O) groups is 2. The van der Waals surface area contributed by atoms with Crippen LogP contribution in [0, 0.1) is 0 Å². The lowest BCUT2D eigenvalue weighted by Gasteiger charge is -2.38. The van der Waals surface area contributed by atoms with Crippen molar-refractivity contribution >= 4 is 12.1 Å². The molecule has 0 spiro atoms. The number of nitrogens with zero attached hydrogens (tertiary/aromatic N) is 1. The molecule has 1 saturated heterocycles. The third-order valence-corrected chi connectivity index (χ3v) is 2.49. The van der Waals surface area contributed by atoms with Gasteiger partial charge >= 0.3 is 12.1 Å². The minimum atomic E-state index is -1.18. The summed E-state index contributed by atoms with van der Waals surface area (Å²) in [7, 11) is 0. The summed E-state index contributed by atoms with van der Waals surface area (Å²) in [5.41, 5.74) is 4.92. The predicted octanol–water partition coefficient (Wildman–Crippen LogP) is 0.0342. The van der Waals surface area contributed by atoms with E-state index in [-0.39, 0.29) is 13.2 Å². The second-order valence-electron chi connectivity index (χ2n) is 5.18. The molecule has 3 N–H and O–H groups in total. The van der Waals surface area contributed by atoms with E-state index in [1.54, 1.807) is 20.8 Å². The van der Waals surface area contributed by atoms with Crippen LogP contribution in [0.25, 0.3) is 0 Å². The standard InChI is InChI=1S/C11H20N2O5/c1-11(2,3)18-10(16)13-4-5-17-6-7(13)8(12)9(14)15/h7-8H,4-6,12H2,1-3H3,(H,14,15). The van der Waals surface area contributed by atoms with Crippen molar-refractivity contribution in [3.8, 4) is 0 Å². The predicted molar refractivity (Wildman–Crippen MR) is 63.2 cm³/mol. The van der Waals surface area contributed by atoms with Gasteiger partial charge in [0.2, 0.25) is 0 Å². The summed E-state index contributed by atoms with van der Waals surface area (Å²) < 4.78 is 10.4. The number of amides is 1. The lowest BCUT2D eigenvalue weighted by molar-refractivity contribution is -0.142. The number of aliphatic carboxylic acids is 1. The molecule has 0 saturated carbocycles. The average molecular weight is 260 g/mol. The molecular formula is C11H20N2O5. The number of morpholine rings is 1. The van der Waals surface area contributed by atoms with E-state index in [1.807, 2.05) is 0 Å². The molecule has 0 aromatic heterocycles. The van der Waals surface area contributed by atoms with Gasteiger partial charge in [-0.3, -0.25) is 9.69 Å². The first kappa shape index (κ1) is 14.7. The van der Waals surface area contributed by atoms with Crippen LogP contribution in [0.4, 0.5) is 4.79 Å². The molecule has 1 heterocycles. The van der Waals surface area contributed by atoms with Crippen molar-refractivity contribution in [1.82, 2.24) is 4.90 Å². The number of carboxylic acids is 1.